The van der Waals surface area contributed by atoms with Crippen molar-refractivity contribution >= 4 is 15.9 Å². The Kier molecular flexibility index (Phi) is 7.61. The first-order valence-electron chi connectivity index (χ1n) is 8.80. The van der Waals surface area contributed by atoms with Crippen LogP contribution in [0.25, 0.3) is 0 Å². The minimum atomic E-state index is 0.0660. The molecule has 1 rings (SSSR count). The lowest BCUT2D eigenvalue weighted by Gasteiger charge is -2.33. The van der Waals surface area contributed by atoms with Crippen LogP contribution in [0, 0.1) is 5.41 Å². The Morgan fingerprint density at radius 1 is 1.08 bits per heavy atom. The fourth-order valence-corrected chi connectivity index (χ4v) is 3.51. The first kappa shape index (κ1) is 21.3. The van der Waals surface area contributed by atoms with Gasteiger partial charge in [-0.25, -0.2) is 0 Å². The van der Waals surface area contributed by atoms with E-state index in [1.165, 1.54) is 5.56 Å². The maximum atomic E-state index is 5.87. The van der Waals surface area contributed by atoms with Crippen LogP contribution in [0.2, 0.25) is 0 Å². The van der Waals surface area contributed by atoms with Gasteiger partial charge in [0.25, 0.3) is 0 Å². The fourth-order valence-electron chi connectivity index (χ4n) is 3.05. The molecule has 4 heteroatoms. The molecule has 0 aliphatic heterocycles. The largest absolute Gasteiger partial charge is 0.490 e. The molecule has 1 N–H and O–H groups in total. The molecular formula is C20H34BrNO2. The molecular weight excluding hydrogens is 366 g/mol. The van der Waals surface area contributed by atoms with Crippen LogP contribution in [0.4, 0.5) is 0 Å². The molecule has 0 bridgehead atoms. The maximum Gasteiger partial charge on any atom is 0.162 e. The normalized spacial score (nSPS) is 12.6. The summed E-state index contributed by atoms with van der Waals surface area (Å²) < 4.78 is 12.7. The Morgan fingerprint density at radius 2 is 1.71 bits per heavy atom. The van der Waals surface area contributed by atoms with E-state index in [1.54, 1.807) is 0 Å². The van der Waals surface area contributed by atoms with Crippen molar-refractivity contribution in [1.82, 2.24) is 5.32 Å². The van der Waals surface area contributed by atoms with Crippen LogP contribution in [-0.4, -0.2) is 18.2 Å². The summed E-state index contributed by atoms with van der Waals surface area (Å²) in [5, 5.41) is 3.68. The van der Waals surface area contributed by atoms with E-state index in [9.17, 15) is 0 Å². The Bertz CT molecular complexity index is 533. The van der Waals surface area contributed by atoms with Crippen molar-refractivity contribution < 1.29 is 9.47 Å². The van der Waals surface area contributed by atoms with Gasteiger partial charge >= 0.3 is 0 Å². The molecule has 0 saturated heterocycles. The Balaban J connectivity index is 2.93. The topological polar surface area (TPSA) is 30.5 Å². The summed E-state index contributed by atoms with van der Waals surface area (Å²) in [7, 11) is 0. The van der Waals surface area contributed by atoms with E-state index in [0.29, 0.717) is 12.0 Å². The molecule has 0 radical (unpaired) electrons. The molecule has 3 nitrogen and oxygen atoms in total. The molecule has 1 aromatic carbocycles. The summed E-state index contributed by atoms with van der Waals surface area (Å²) in [5.74, 6) is 1.59. The number of nitrogens with one attached hydrogen (secondary N) is 1. The Labute approximate surface area is 156 Å². The molecule has 0 spiro atoms. The summed E-state index contributed by atoms with van der Waals surface area (Å²) in [4.78, 5) is 0. The van der Waals surface area contributed by atoms with Gasteiger partial charge in [-0.05, 0) is 64.2 Å². The zero-order valence-corrected chi connectivity index (χ0v) is 18.1. The van der Waals surface area contributed by atoms with Crippen LogP contribution >= 0.6 is 15.9 Å². The molecule has 0 aliphatic carbocycles. The molecule has 0 unspecified atom stereocenters. The molecule has 138 valence electrons. The molecule has 0 atom stereocenters. The van der Waals surface area contributed by atoms with Crippen LogP contribution in [0.1, 0.15) is 67.4 Å². The zero-order chi connectivity index (χ0) is 18.5. The fraction of sp³-hybridized carbons (Fsp3) is 0.700. The van der Waals surface area contributed by atoms with E-state index in [2.05, 4.69) is 61.9 Å². The van der Waals surface area contributed by atoms with E-state index in [-0.39, 0.29) is 11.6 Å². The highest BCUT2D eigenvalue weighted by atomic mass is 79.9. The molecule has 0 aromatic heterocycles. The number of hydrogen-bond donors (Lipinski definition) is 1. The lowest BCUT2D eigenvalue weighted by atomic mass is 9.82. The lowest BCUT2D eigenvalue weighted by Crippen LogP contribution is -2.41. The summed E-state index contributed by atoms with van der Waals surface area (Å²) in [6.45, 7) is 18.8. The van der Waals surface area contributed by atoms with Gasteiger partial charge < -0.3 is 14.8 Å². The molecule has 0 fully saturated rings. The van der Waals surface area contributed by atoms with Crippen molar-refractivity contribution in [3.8, 4) is 11.5 Å². The third-order valence-electron chi connectivity index (χ3n) is 3.50. The minimum Gasteiger partial charge on any atom is -0.490 e. The van der Waals surface area contributed by atoms with Crippen molar-refractivity contribution in [2.45, 2.75) is 80.0 Å². The standard InChI is InChI=1S/C20H34BrNO2/c1-9-23-17-10-15(16(21)11-18(17)24-14(2)3)12-22-20(7,8)13-19(4,5)6/h10-11,14,22H,9,12-13H2,1-8H3. The predicted octanol–water partition coefficient (Wildman–Crippen LogP) is 5.94. The quantitative estimate of drug-likeness (QED) is 0.586. The van der Waals surface area contributed by atoms with Gasteiger partial charge in [0.1, 0.15) is 0 Å². The van der Waals surface area contributed by atoms with Gasteiger partial charge in [-0.3, -0.25) is 0 Å². The maximum absolute atomic E-state index is 5.87. The van der Waals surface area contributed by atoms with Gasteiger partial charge in [-0.15, -0.1) is 0 Å². The van der Waals surface area contributed by atoms with Crippen LogP contribution < -0.4 is 14.8 Å². The molecule has 0 amide bonds. The molecule has 1 aromatic rings. The molecule has 0 aliphatic rings. The number of benzene rings is 1. The summed E-state index contributed by atoms with van der Waals surface area (Å²) in [6.07, 6.45) is 1.22. The van der Waals surface area contributed by atoms with Crippen molar-refractivity contribution in [2.75, 3.05) is 6.61 Å². The van der Waals surface area contributed by atoms with E-state index < -0.39 is 0 Å². The highest BCUT2D eigenvalue weighted by Gasteiger charge is 2.25. The van der Waals surface area contributed by atoms with E-state index in [4.69, 9.17) is 9.47 Å². The van der Waals surface area contributed by atoms with Gasteiger partial charge in [-0.2, -0.15) is 0 Å². The van der Waals surface area contributed by atoms with Gasteiger partial charge in [0.05, 0.1) is 12.7 Å². The van der Waals surface area contributed by atoms with E-state index in [1.807, 2.05) is 26.8 Å². The summed E-state index contributed by atoms with van der Waals surface area (Å²) >= 11 is 3.68. The van der Waals surface area contributed by atoms with Crippen LogP contribution in [0.5, 0.6) is 11.5 Å². The monoisotopic (exact) mass is 399 g/mol. The third kappa shape index (κ3) is 7.43. The van der Waals surface area contributed by atoms with Gasteiger partial charge in [0.2, 0.25) is 0 Å². The predicted molar refractivity (Wildman–Crippen MR) is 106 cm³/mol. The Hall–Kier alpha value is -0.740. The van der Waals surface area contributed by atoms with E-state index in [0.717, 1.165) is 28.9 Å². The second kappa shape index (κ2) is 8.57. The first-order chi connectivity index (χ1) is 10.9. The highest BCUT2D eigenvalue weighted by Crippen LogP contribution is 2.35. The summed E-state index contributed by atoms with van der Waals surface area (Å²) in [5.41, 5.74) is 1.53. The molecule has 24 heavy (non-hydrogen) atoms. The van der Waals surface area contributed by atoms with Crippen molar-refractivity contribution in [3.63, 3.8) is 0 Å². The molecule has 0 heterocycles. The van der Waals surface area contributed by atoms with Crippen molar-refractivity contribution in [1.29, 1.82) is 0 Å². The number of halogens is 1. The van der Waals surface area contributed by atoms with Crippen LogP contribution in [-0.2, 0) is 6.54 Å². The smallest absolute Gasteiger partial charge is 0.162 e. The van der Waals surface area contributed by atoms with Crippen molar-refractivity contribution in [3.05, 3.63) is 22.2 Å². The number of ether oxygens (including phenoxy) is 2. The second-order valence-corrected chi connectivity index (χ2v) is 9.32. The van der Waals surface area contributed by atoms with Gasteiger partial charge in [0, 0.05) is 16.6 Å². The molecule has 0 saturated carbocycles. The Morgan fingerprint density at radius 3 is 2.21 bits per heavy atom. The average molecular weight is 400 g/mol. The number of rotatable bonds is 8. The van der Waals surface area contributed by atoms with Crippen molar-refractivity contribution in [2.24, 2.45) is 5.41 Å². The van der Waals surface area contributed by atoms with Gasteiger partial charge in [0.15, 0.2) is 11.5 Å². The summed E-state index contributed by atoms with van der Waals surface area (Å²) in [6, 6.07) is 4.09. The van der Waals surface area contributed by atoms with Gasteiger partial charge in [-0.1, -0.05) is 36.7 Å². The van der Waals surface area contributed by atoms with E-state index >= 15 is 0 Å². The van der Waals surface area contributed by atoms with Crippen LogP contribution in [0.15, 0.2) is 16.6 Å². The average Bonchev–Trinajstić information content (AvgIpc) is 2.37. The minimum absolute atomic E-state index is 0.0660. The first-order valence-corrected chi connectivity index (χ1v) is 9.60. The van der Waals surface area contributed by atoms with Crippen LogP contribution in [0.3, 0.4) is 0 Å². The zero-order valence-electron chi connectivity index (χ0n) is 16.5. The second-order valence-electron chi connectivity index (χ2n) is 8.46. The third-order valence-corrected chi connectivity index (χ3v) is 4.24. The number of hydrogen-bond acceptors (Lipinski definition) is 3. The SMILES string of the molecule is CCOc1cc(CNC(C)(C)CC(C)(C)C)c(Br)cc1OC(C)C. The lowest BCUT2D eigenvalue weighted by molar-refractivity contribution is 0.223. The highest BCUT2D eigenvalue weighted by molar-refractivity contribution is 9.10.